The van der Waals surface area contributed by atoms with Gasteiger partial charge in [0.25, 0.3) is 0 Å². The molecule has 3 rings (SSSR count). The van der Waals surface area contributed by atoms with Gasteiger partial charge < -0.3 is 19.1 Å². The van der Waals surface area contributed by atoms with E-state index in [-0.39, 0.29) is 12.2 Å². The second-order valence-corrected chi connectivity index (χ2v) is 7.93. The Morgan fingerprint density at radius 3 is 2.80 bits per heavy atom. The second-order valence-electron chi connectivity index (χ2n) is 7.93. The van der Waals surface area contributed by atoms with Crippen LogP contribution >= 0.6 is 0 Å². The molecule has 25 heavy (non-hydrogen) atoms. The summed E-state index contributed by atoms with van der Waals surface area (Å²) < 4.78 is 17.2. The molecule has 1 aromatic heterocycles. The minimum absolute atomic E-state index is 0.231. The first-order chi connectivity index (χ1) is 11.8. The van der Waals surface area contributed by atoms with Gasteiger partial charge in [-0.1, -0.05) is 6.92 Å². The second kappa shape index (κ2) is 7.10. The molecule has 0 bridgehead atoms. The van der Waals surface area contributed by atoms with Crippen LogP contribution in [-0.4, -0.2) is 40.8 Å². The van der Waals surface area contributed by atoms with Gasteiger partial charge in [-0.15, -0.1) is 0 Å². The molecule has 1 aromatic rings. The fourth-order valence-electron chi connectivity index (χ4n) is 3.22. The van der Waals surface area contributed by atoms with Gasteiger partial charge in [0.15, 0.2) is 0 Å². The van der Waals surface area contributed by atoms with Gasteiger partial charge in [0.05, 0.1) is 13.1 Å². The summed E-state index contributed by atoms with van der Waals surface area (Å²) in [5, 5.41) is 0. The number of ether oxygens (including phenoxy) is 3. The summed E-state index contributed by atoms with van der Waals surface area (Å²) in [5.74, 6) is 1.71. The van der Waals surface area contributed by atoms with Crippen LogP contribution in [0.2, 0.25) is 0 Å². The minimum atomic E-state index is -0.513. The fraction of sp³-hybridized carbons (Fsp3) is 0.684. The highest BCUT2D eigenvalue weighted by Crippen LogP contribution is 2.31. The van der Waals surface area contributed by atoms with Crippen LogP contribution in [0.5, 0.6) is 11.8 Å². The number of amides is 1. The van der Waals surface area contributed by atoms with E-state index in [4.69, 9.17) is 14.2 Å². The highest BCUT2D eigenvalue weighted by molar-refractivity contribution is 5.68. The first-order valence-corrected chi connectivity index (χ1v) is 9.09. The maximum Gasteiger partial charge on any atom is 0.410 e. The molecule has 2 unspecified atom stereocenters. The summed E-state index contributed by atoms with van der Waals surface area (Å²) in [4.78, 5) is 18.5. The van der Waals surface area contributed by atoms with Gasteiger partial charge in [0.1, 0.15) is 18.3 Å². The van der Waals surface area contributed by atoms with Crippen molar-refractivity contribution in [1.29, 1.82) is 0 Å². The predicted molar refractivity (Wildman–Crippen MR) is 93.8 cm³/mol. The van der Waals surface area contributed by atoms with E-state index in [9.17, 15) is 4.79 Å². The molecule has 1 amide bonds. The normalized spacial score (nSPS) is 23.4. The van der Waals surface area contributed by atoms with E-state index in [1.54, 1.807) is 4.90 Å². The maximum absolute atomic E-state index is 12.3. The Bertz CT molecular complexity index is 626. The molecule has 1 aliphatic carbocycles. The van der Waals surface area contributed by atoms with Crippen molar-refractivity contribution in [2.24, 2.45) is 5.92 Å². The summed E-state index contributed by atoms with van der Waals surface area (Å²) in [5.41, 5.74) is 0.358. The van der Waals surface area contributed by atoms with E-state index in [1.807, 2.05) is 32.9 Å². The van der Waals surface area contributed by atoms with Crippen LogP contribution in [-0.2, 0) is 11.3 Å². The Balaban J connectivity index is 1.69. The predicted octanol–water partition coefficient (Wildman–Crippen LogP) is 3.78. The zero-order valence-corrected chi connectivity index (χ0v) is 15.6. The average molecular weight is 348 g/mol. The molecule has 0 aromatic carbocycles. The molecule has 1 saturated carbocycles. The number of rotatable bonds is 2. The highest BCUT2D eigenvalue weighted by atomic mass is 16.6. The van der Waals surface area contributed by atoms with Crippen LogP contribution in [0.4, 0.5) is 4.79 Å². The number of aromatic nitrogens is 1. The summed E-state index contributed by atoms with van der Waals surface area (Å²) in [6.45, 7) is 9.10. The molecule has 2 atom stereocenters. The Morgan fingerprint density at radius 2 is 2.12 bits per heavy atom. The maximum atomic E-state index is 12.3. The van der Waals surface area contributed by atoms with Crippen LogP contribution < -0.4 is 9.47 Å². The van der Waals surface area contributed by atoms with Crippen molar-refractivity contribution in [3.8, 4) is 11.8 Å². The first kappa shape index (κ1) is 17.8. The smallest absolute Gasteiger partial charge is 0.410 e. The Labute approximate surface area is 149 Å². The monoisotopic (exact) mass is 348 g/mol. The number of hydrogen-bond acceptors (Lipinski definition) is 5. The Morgan fingerprint density at radius 1 is 1.32 bits per heavy atom. The Kier molecular flexibility index (Phi) is 5.06. The Hall–Kier alpha value is -1.98. The van der Waals surface area contributed by atoms with E-state index in [1.165, 1.54) is 12.8 Å². The summed E-state index contributed by atoms with van der Waals surface area (Å²) in [7, 11) is 0. The van der Waals surface area contributed by atoms with Gasteiger partial charge in [0, 0.05) is 11.6 Å². The molecule has 6 heteroatoms. The highest BCUT2D eigenvalue weighted by Gasteiger charge is 2.28. The van der Waals surface area contributed by atoms with Crippen molar-refractivity contribution in [1.82, 2.24) is 9.88 Å². The third-order valence-corrected chi connectivity index (χ3v) is 4.58. The third kappa shape index (κ3) is 4.55. The molecule has 2 aliphatic rings. The van der Waals surface area contributed by atoms with Crippen LogP contribution in [0.3, 0.4) is 0 Å². The van der Waals surface area contributed by atoms with Crippen LogP contribution in [0.1, 0.15) is 52.5 Å². The lowest BCUT2D eigenvalue weighted by Crippen LogP contribution is -2.37. The zero-order chi connectivity index (χ0) is 18.0. The molecule has 2 heterocycles. The zero-order valence-electron chi connectivity index (χ0n) is 15.6. The van der Waals surface area contributed by atoms with Gasteiger partial charge in [-0.2, -0.15) is 4.98 Å². The van der Waals surface area contributed by atoms with Gasteiger partial charge in [0.2, 0.25) is 11.8 Å². The molecular weight excluding hydrogens is 320 g/mol. The van der Waals surface area contributed by atoms with E-state index in [2.05, 4.69) is 11.9 Å². The van der Waals surface area contributed by atoms with E-state index in [0.717, 1.165) is 12.0 Å². The van der Waals surface area contributed by atoms with Crippen LogP contribution in [0, 0.1) is 5.92 Å². The van der Waals surface area contributed by atoms with Crippen molar-refractivity contribution >= 4 is 6.09 Å². The van der Waals surface area contributed by atoms with E-state index >= 15 is 0 Å². The molecule has 6 nitrogen and oxygen atoms in total. The van der Waals surface area contributed by atoms with Crippen LogP contribution in [0.25, 0.3) is 0 Å². The molecule has 0 N–H and O–H groups in total. The molecule has 0 spiro atoms. The summed E-state index contributed by atoms with van der Waals surface area (Å²) in [6.07, 6.45) is 3.39. The van der Waals surface area contributed by atoms with Crippen molar-refractivity contribution in [3.05, 3.63) is 17.7 Å². The molecule has 1 aliphatic heterocycles. The largest absolute Gasteiger partial charge is 0.475 e. The van der Waals surface area contributed by atoms with Crippen LogP contribution in [0.15, 0.2) is 12.1 Å². The molecule has 0 saturated heterocycles. The van der Waals surface area contributed by atoms with E-state index in [0.29, 0.717) is 37.4 Å². The number of pyridine rings is 1. The lowest BCUT2D eigenvalue weighted by atomic mass is 10.1. The fourth-order valence-corrected chi connectivity index (χ4v) is 3.22. The van der Waals surface area contributed by atoms with Gasteiger partial charge in [-0.05, 0) is 52.0 Å². The average Bonchev–Trinajstić information content (AvgIpc) is 2.80. The van der Waals surface area contributed by atoms with E-state index < -0.39 is 5.60 Å². The van der Waals surface area contributed by atoms with Crippen molar-refractivity contribution in [2.75, 3.05) is 13.2 Å². The molecule has 138 valence electrons. The number of nitrogens with zero attached hydrogens (tertiary/aromatic N) is 2. The third-order valence-electron chi connectivity index (χ3n) is 4.58. The lowest BCUT2D eigenvalue weighted by Gasteiger charge is -2.26. The summed E-state index contributed by atoms with van der Waals surface area (Å²) in [6, 6.07) is 3.80. The number of carbonyl (C=O) groups is 1. The number of hydrogen-bond donors (Lipinski definition) is 0. The molecule has 0 radical (unpaired) electrons. The number of carbonyl (C=O) groups excluding carboxylic acids is 1. The lowest BCUT2D eigenvalue weighted by molar-refractivity contribution is 0.0225. The van der Waals surface area contributed by atoms with Gasteiger partial charge >= 0.3 is 6.09 Å². The standard InChI is InChI=1S/C19H28N2O4/c1-13-6-5-7-15(13)24-16-9-8-14-12-21(10-11-23-17(14)20-16)18(22)25-19(2,3)4/h8-9,13,15H,5-7,10-12H2,1-4H3. The van der Waals surface area contributed by atoms with Crippen molar-refractivity contribution < 1.29 is 19.0 Å². The first-order valence-electron chi connectivity index (χ1n) is 9.09. The summed E-state index contributed by atoms with van der Waals surface area (Å²) >= 11 is 0. The van der Waals surface area contributed by atoms with Gasteiger partial charge in [-0.25, -0.2) is 4.79 Å². The van der Waals surface area contributed by atoms with Crippen molar-refractivity contribution in [2.45, 2.75) is 65.2 Å². The van der Waals surface area contributed by atoms with Crippen molar-refractivity contribution in [3.63, 3.8) is 0 Å². The van der Waals surface area contributed by atoms with Gasteiger partial charge in [-0.3, -0.25) is 0 Å². The molecule has 1 fully saturated rings. The number of fused-ring (bicyclic) bond motifs is 1. The molecular formula is C19H28N2O4. The quantitative estimate of drug-likeness (QED) is 0.814. The minimum Gasteiger partial charge on any atom is -0.475 e. The topological polar surface area (TPSA) is 60.9 Å². The SMILES string of the molecule is CC1CCCC1Oc1ccc2c(n1)OCCN(C(=O)OC(C)(C)C)C2.